The predicted molar refractivity (Wildman–Crippen MR) is 104 cm³/mol. The SMILES string of the molecule is O=C1NC(=O)N(c2ccccc2Cl)C(=O)C1=Cc1cccc2ccccc12. The van der Waals surface area contributed by atoms with Crippen molar-refractivity contribution in [3.63, 3.8) is 0 Å². The number of imide groups is 2. The minimum Gasteiger partial charge on any atom is -0.273 e. The number of benzene rings is 3. The number of amides is 4. The third-order valence-corrected chi connectivity index (χ3v) is 4.64. The number of carbonyl (C=O) groups excluding carboxylic acids is 3. The Morgan fingerprint density at radius 1 is 0.852 bits per heavy atom. The van der Waals surface area contributed by atoms with Crippen LogP contribution in [-0.2, 0) is 9.59 Å². The summed E-state index contributed by atoms with van der Waals surface area (Å²) in [7, 11) is 0. The third kappa shape index (κ3) is 2.98. The zero-order valence-corrected chi connectivity index (χ0v) is 14.7. The van der Waals surface area contributed by atoms with E-state index < -0.39 is 17.8 Å². The molecule has 1 heterocycles. The summed E-state index contributed by atoms with van der Waals surface area (Å²) in [6.07, 6.45) is 1.50. The fourth-order valence-electron chi connectivity index (χ4n) is 3.04. The first-order valence-corrected chi connectivity index (χ1v) is 8.58. The monoisotopic (exact) mass is 376 g/mol. The Balaban J connectivity index is 1.83. The molecule has 0 unspecified atom stereocenters. The maximum Gasteiger partial charge on any atom is 0.335 e. The Morgan fingerprint density at radius 3 is 2.37 bits per heavy atom. The first kappa shape index (κ1) is 17.0. The summed E-state index contributed by atoms with van der Waals surface area (Å²) in [6.45, 7) is 0. The van der Waals surface area contributed by atoms with Crippen LogP contribution >= 0.6 is 11.6 Å². The molecule has 1 aliphatic heterocycles. The lowest BCUT2D eigenvalue weighted by Gasteiger charge is -2.27. The van der Waals surface area contributed by atoms with Crippen LogP contribution in [0.15, 0.2) is 72.3 Å². The summed E-state index contributed by atoms with van der Waals surface area (Å²) in [4.78, 5) is 38.4. The molecule has 1 aliphatic rings. The number of halogens is 1. The van der Waals surface area contributed by atoms with Crippen LogP contribution < -0.4 is 10.2 Å². The minimum atomic E-state index is -0.826. The fraction of sp³-hybridized carbons (Fsp3) is 0. The number of barbiturate groups is 1. The smallest absolute Gasteiger partial charge is 0.273 e. The molecule has 3 aromatic rings. The van der Waals surface area contributed by atoms with Crippen LogP contribution in [0.5, 0.6) is 0 Å². The Kier molecular flexibility index (Phi) is 4.22. The standard InChI is InChI=1S/C21H13ClN2O3/c22-17-10-3-4-11-18(17)24-20(26)16(19(25)23-21(24)27)12-14-8-5-7-13-6-1-2-9-15(13)14/h1-12H,(H,23,25,27). The largest absolute Gasteiger partial charge is 0.335 e. The van der Waals surface area contributed by atoms with Crippen molar-refractivity contribution >= 4 is 52.0 Å². The molecule has 132 valence electrons. The Bertz CT molecular complexity index is 1130. The number of nitrogens with zero attached hydrogens (tertiary/aromatic N) is 1. The van der Waals surface area contributed by atoms with Gasteiger partial charge in [-0.05, 0) is 34.5 Å². The summed E-state index contributed by atoms with van der Waals surface area (Å²) in [5, 5.41) is 4.32. The van der Waals surface area contributed by atoms with Crippen molar-refractivity contribution in [2.45, 2.75) is 0 Å². The highest BCUT2D eigenvalue weighted by Gasteiger charge is 2.37. The lowest BCUT2D eigenvalue weighted by molar-refractivity contribution is -0.122. The molecule has 6 heteroatoms. The quantitative estimate of drug-likeness (QED) is 0.539. The average molecular weight is 377 g/mol. The molecule has 4 rings (SSSR count). The maximum atomic E-state index is 13.0. The van der Waals surface area contributed by atoms with Gasteiger partial charge in [0.15, 0.2) is 0 Å². The van der Waals surface area contributed by atoms with Crippen molar-refractivity contribution in [3.05, 3.63) is 82.9 Å². The highest BCUT2D eigenvalue weighted by Crippen LogP contribution is 2.29. The maximum absolute atomic E-state index is 13.0. The van der Waals surface area contributed by atoms with Crippen molar-refractivity contribution in [2.24, 2.45) is 0 Å². The van der Waals surface area contributed by atoms with Crippen LogP contribution in [0.3, 0.4) is 0 Å². The zero-order chi connectivity index (χ0) is 19.0. The number of carbonyl (C=O) groups is 3. The predicted octanol–water partition coefficient (Wildman–Crippen LogP) is 4.16. The van der Waals surface area contributed by atoms with Crippen LogP contribution in [0.4, 0.5) is 10.5 Å². The van der Waals surface area contributed by atoms with Gasteiger partial charge in [-0.25, -0.2) is 9.69 Å². The van der Waals surface area contributed by atoms with E-state index in [1.807, 2.05) is 42.5 Å². The van der Waals surface area contributed by atoms with Gasteiger partial charge in [0, 0.05) is 0 Å². The Hall–Kier alpha value is -3.44. The highest BCUT2D eigenvalue weighted by atomic mass is 35.5. The van der Waals surface area contributed by atoms with Crippen LogP contribution in [0.25, 0.3) is 16.8 Å². The molecule has 1 saturated heterocycles. The van der Waals surface area contributed by atoms with Gasteiger partial charge in [0.1, 0.15) is 5.57 Å². The van der Waals surface area contributed by atoms with Gasteiger partial charge in [-0.3, -0.25) is 14.9 Å². The topological polar surface area (TPSA) is 66.5 Å². The number of nitrogens with one attached hydrogen (secondary N) is 1. The summed E-state index contributed by atoms with van der Waals surface area (Å²) in [5.74, 6) is -1.45. The highest BCUT2D eigenvalue weighted by molar-refractivity contribution is 6.42. The molecule has 0 bridgehead atoms. The van der Waals surface area contributed by atoms with Gasteiger partial charge < -0.3 is 0 Å². The summed E-state index contributed by atoms with van der Waals surface area (Å²) in [5.41, 5.74) is 0.795. The van der Waals surface area contributed by atoms with Gasteiger partial charge in [-0.15, -0.1) is 0 Å². The number of urea groups is 1. The van der Waals surface area contributed by atoms with Crippen molar-refractivity contribution < 1.29 is 14.4 Å². The van der Waals surface area contributed by atoms with E-state index >= 15 is 0 Å². The first-order valence-electron chi connectivity index (χ1n) is 8.20. The second-order valence-corrected chi connectivity index (χ2v) is 6.38. The van der Waals surface area contributed by atoms with Gasteiger partial charge in [0.25, 0.3) is 11.8 Å². The zero-order valence-electron chi connectivity index (χ0n) is 14.0. The Labute approximate surface area is 159 Å². The van der Waals surface area contributed by atoms with E-state index in [0.29, 0.717) is 5.56 Å². The van der Waals surface area contributed by atoms with Crippen molar-refractivity contribution in [3.8, 4) is 0 Å². The van der Waals surface area contributed by atoms with E-state index in [1.165, 1.54) is 6.08 Å². The minimum absolute atomic E-state index is 0.133. The van der Waals surface area contributed by atoms with Crippen LogP contribution in [-0.4, -0.2) is 17.8 Å². The normalized spacial score (nSPS) is 16.1. The van der Waals surface area contributed by atoms with Crippen molar-refractivity contribution in [2.75, 3.05) is 4.90 Å². The van der Waals surface area contributed by atoms with Gasteiger partial charge >= 0.3 is 6.03 Å². The molecule has 0 radical (unpaired) electrons. The molecule has 0 aromatic heterocycles. The van der Waals surface area contributed by atoms with Crippen molar-refractivity contribution in [1.29, 1.82) is 0 Å². The van der Waals surface area contributed by atoms with E-state index in [1.54, 1.807) is 24.3 Å². The van der Waals surface area contributed by atoms with Crippen molar-refractivity contribution in [1.82, 2.24) is 5.32 Å². The summed E-state index contributed by atoms with van der Waals surface area (Å²) < 4.78 is 0. The van der Waals surface area contributed by atoms with E-state index in [0.717, 1.165) is 15.7 Å². The van der Waals surface area contributed by atoms with Gasteiger partial charge in [0.2, 0.25) is 0 Å². The molecular formula is C21H13ClN2O3. The Morgan fingerprint density at radius 2 is 1.56 bits per heavy atom. The lowest BCUT2D eigenvalue weighted by atomic mass is 10.0. The van der Waals surface area contributed by atoms with Crippen LogP contribution in [0.1, 0.15) is 5.56 Å². The summed E-state index contributed by atoms with van der Waals surface area (Å²) in [6, 6.07) is 18.9. The number of fused-ring (bicyclic) bond motifs is 1. The molecule has 4 amide bonds. The number of para-hydroxylation sites is 1. The summed E-state index contributed by atoms with van der Waals surface area (Å²) >= 11 is 6.13. The molecule has 3 aromatic carbocycles. The van der Waals surface area contributed by atoms with E-state index in [9.17, 15) is 14.4 Å². The second-order valence-electron chi connectivity index (χ2n) is 5.98. The number of rotatable bonds is 2. The molecule has 1 fully saturated rings. The number of hydrogen-bond donors (Lipinski definition) is 1. The molecule has 1 N–H and O–H groups in total. The fourth-order valence-corrected chi connectivity index (χ4v) is 3.26. The lowest BCUT2D eigenvalue weighted by Crippen LogP contribution is -2.54. The molecule has 0 atom stereocenters. The van der Waals surface area contributed by atoms with Gasteiger partial charge in [-0.2, -0.15) is 0 Å². The molecular weight excluding hydrogens is 364 g/mol. The van der Waals surface area contributed by atoms with E-state index in [2.05, 4.69) is 5.32 Å². The van der Waals surface area contributed by atoms with E-state index in [4.69, 9.17) is 11.6 Å². The number of anilines is 1. The molecule has 5 nitrogen and oxygen atoms in total. The molecule has 0 aliphatic carbocycles. The van der Waals surface area contributed by atoms with Gasteiger partial charge in [0.05, 0.1) is 10.7 Å². The second kappa shape index (κ2) is 6.70. The van der Waals surface area contributed by atoms with E-state index in [-0.39, 0.29) is 16.3 Å². The van der Waals surface area contributed by atoms with Gasteiger partial charge in [-0.1, -0.05) is 66.2 Å². The molecule has 0 saturated carbocycles. The average Bonchev–Trinajstić information content (AvgIpc) is 2.66. The molecule has 0 spiro atoms. The first-order chi connectivity index (χ1) is 13.1. The van der Waals surface area contributed by atoms with Crippen LogP contribution in [0, 0.1) is 0 Å². The third-order valence-electron chi connectivity index (χ3n) is 4.32. The number of hydrogen-bond acceptors (Lipinski definition) is 3. The molecule has 27 heavy (non-hydrogen) atoms. The van der Waals surface area contributed by atoms with Crippen LogP contribution in [0.2, 0.25) is 5.02 Å².